The van der Waals surface area contributed by atoms with Crippen LogP contribution in [0.25, 0.3) is 0 Å². The third kappa shape index (κ3) is 3.14. The van der Waals surface area contributed by atoms with Gasteiger partial charge in [0.1, 0.15) is 0 Å². The molecule has 20 heavy (non-hydrogen) atoms. The summed E-state index contributed by atoms with van der Waals surface area (Å²) >= 11 is 9.37. The fourth-order valence-electron chi connectivity index (χ4n) is 1.86. The van der Waals surface area contributed by atoms with Crippen LogP contribution in [0.5, 0.6) is 0 Å². The number of amides is 1. The third-order valence-electron chi connectivity index (χ3n) is 2.96. The maximum Gasteiger partial charge on any atom is 0.255 e. The fraction of sp³-hybridized carbons (Fsp3) is 0.133. The molecular weight excluding hydrogens is 340 g/mol. The highest BCUT2D eigenvalue weighted by Crippen LogP contribution is 2.30. The molecule has 0 saturated carbocycles. The normalized spacial score (nSPS) is 10.2. The van der Waals surface area contributed by atoms with Gasteiger partial charge >= 0.3 is 0 Å². The predicted molar refractivity (Wildman–Crippen MR) is 87.8 cm³/mol. The van der Waals surface area contributed by atoms with Crippen molar-refractivity contribution in [1.82, 2.24) is 0 Å². The minimum absolute atomic E-state index is 0.159. The van der Waals surface area contributed by atoms with Crippen LogP contribution in [-0.2, 0) is 0 Å². The zero-order valence-electron chi connectivity index (χ0n) is 11.1. The van der Waals surface area contributed by atoms with Crippen LogP contribution in [0.1, 0.15) is 15.9 Å². The average molecular weight is 354 g/mol. The van der Waals surface area contributed by atoms with E-state index in [0.29, 0.717) is 20.7 Å². The van der Waals surface area contributed by atoms with Crippen molar-refractivity contribution in [1.29, 1.82) is 0 Å². The zero-order valence-corrected chi connectivity index (χ0v) is 13.5. The molecule has 104 valence electrons. The Kier molecular flexibility index (Phi) is 4.68. The number of aryl methyl sites for hydroxylation is 1. The summed E-state index contributed by atoms with van der Waals surface area (Å²) in [5, 5.41) is 6.46. The summed E-state index contributed by atoms with van der Waals surface area (Å²) < 4.78 is 0.680. The number of halogens is 2. The molecule has 0 atom stereocenters. The SMILES string of the molecule is CNc1ccc(C(=O)Nc2cccc(Cl)c2Br)c(C)c1. The molecule has 2 N–H and O–H groups in total. The molecule has 0 aliphatic rings. The van der Waals surface area contributed by atoms with Crippen molar-refractivity contribution >= 4 is 44.8 Å². The Morgan fingerprint density at radius 2 is 2.00 bits per heavy atom. The van der Waals surface area contributed by atoms with Gasteiger partial charge in [0.25, 0.3) is 5.91 Å². The Labute approximate surface area is 131 Å². The molecule has 2 aromatic rings. The van der Waals surface area contributed by atoms with Gasteiger partial charge in [-0.15, -0.1) is 0 Å². The Bertz CT molecular complexity index is 658. The average Bonchev–Trinajstić information content (AvgIpc) is 2.43. The lowest BCUT2D eigenvalue weighted by Crippen LogP contribution is -2.14. The summed E-state index contributed by atoms with van der Waals surface area (Å²) in [7, 11) is 1.84. The van der Waals surface area contributed by atoms with Crippen molar-refractivity contribution in [2.45, 2.75) is 6.92 Å². The second-order valence-corrected chi connectivity index (χ2v) is 5.54. The van der Waals surface area contributed by atoms with Gasteiger partial charge in [0.15, 0.2) is 0 Å². The molecule has 2 aromatic carbocycles. The summed E-state index contributed by atoms with van der Waals surface area (Å²) in [5.74, 6) is -0.159. The van der Waals surface area contributed by atoms with E-state index in [0.717, 1.165) is 11.3 Å². The van der Waals surface area contributed by atoms with Crippen molar-refractivity contribution < 1.29 is 4.79 Å². The summed E-state index contributed by atoms with van der Waals surface area (Å²) in [6, 6.07) is 10.9. The third-order valence-corrected chi connectivity index (χ3v) is 4.36. The standard InChI is InChI=1S/C15H14BrClN2O/c1-9-8-10(18-2)6-7-11(9)15(20)19-13-5-3-4-12(17)14(13)16/h3-8,18H,1-2H3,(H,19,20). The topological polar surface area (TPSA) is 41.1 Å². The molecule has 5 heteroatoms. The minimum Gasteiger partial charge on any atom is -0.388 e. The molecule has 1 amide bonds. The highest BCUT2D eigenvalue weighted by Gasteiger charge is 2.12. The predicted octanol–water partition coefficient (Wildman–Crippen LogP) is 4.70. The second-order valence-electron chi connectivity index (χ2n) is 4.34. The number of hydrogen-bond donors (Lipinski definition) is 2. The molecule has 0 aliphatic carbocycles. The van der Waals surface area contributed by atoms with E-state index in [1.807, 2.05) is 26.1 Å². The Morgan fingerprint density at radius 1 is 1.25 bits per heavy atom. The number of anilines is 2. The first kappa shape index (κ1) is 14.9. The van der Waals surface area contributed by atoms with Gasteiger partial charge in [-0.05, 0) is 58.7 Å². The molecule has 3 nitrogen and oxygen atoms in total. The van der Waals surface area contributed by atoms with Crippen LogP contribution in [-0.4, -0.2) is 13.0 Å². The van der Waals surface area contributed by atoms with Gasteiger partial charge in [-0.1, -0.05) is 17.7 Å². The fourth-order valence-corrected chi connectivity index (χ4v) is 2.40. The quantitative estimate of drug-likeness (QED) is 0.839. The van der Waals surface area contributed by atoms with E-state index in [9.17, 15) is 4.79 Å². The summed E-state index contributed by atoms with van der Waals surface area (Å²) in [6.07, 6.45) is 0. The van der Waals surface area contributed by atoms with E-state index in [1.165, 1.54) is 0 Å². The summed E-state index contributed by atoms with van der Waals surface area (Å²) in [5.41, 5.74) is 3.17. The van der Waals surface area contributed by atoms with Crippen LogP contribution in [0.4, 0.5) is 11.4 Å². The van der Waals surface area contributed by atoms with Crippen LogP contribution in [0.2, 0.25) is 5.02 Å². The van der Waals surface area contributed by atoms with Crippen LogP contribution < -0.4 is 10.6 Å². The monoisotopic (exact) mass is 352 g/mol. The first-order valence-corrected chi connectivity index (χ1v) is 7.24. The first-order valence-electron chi connectivity index (χ1n) is 6.06. The summed E-state index contributed by atoms with van der Waals surface area (Å²) in [6.45, 7) is 1.91. The number of hydrogen-bond acceptors (Lipinski definition) is 2. The van der Waals surface area contributed by atoms with Crippen molar-refractivity contribution in [3.63, 3.8) is 0 Å². The van der Waals surface area contributed by atoms with E-state index in [-0.39, 0.29) is 5.91 Å². The number of carbonyl (C=O) groups excluding carboxylic acids is 1. The molecule has 0 spiro atoms. The maximum absolute atomic E-state index is 12.3. The Morgan fingerprint density at radius 3 is 2.65 bits per heavy atom. The summed E-state index contributed by atoms with van der Waals surface area (Å²) in [4.78, 5) is 12.3. The van der Waals surface area contributed by atoms with Crippen molar-refractivity contribution in [2.75, 3.05) is 17.7 Å². The molecule has 0 fully saturated rings. The van der Waals surface area contributed by atoms with Crippen LogP contribution in [0.15, 0.2) is 40.9 Å². The van der Waals surface area contributed by atoms with E-state index in [1.54, 1.807) is 24.3 Å². The number of carbonyl (C=O) groups is 1. The number of benzene rings is 2. The van der Waals surface area contributed by atoms with E-state index in [4.69, 9.17) is 11.6 Å². The molecule has 0 bridgehead atoms. The van der Waals surface area contributed by atoms with Gasteiger partial charge in [-0.25, -0.2) is 0 Å². The van der Waals surface area contributed by atoms with Gasteiger partial charge in [0.05, 0.1) is 15.2 Å². The maximum atomic E-state index is 12.3. The molecule has 0 aromatic heterocycles. The number of rotatable bonds is 3. The highest BCUT2D eigenvalue weighted by atomic mass is 79.9. The van der Waals surface area contributed by atoms with Crippen LogP contribution in [0.3, 0.4) is 0 Å². The molecule has 0 unspecified atom stereocenters. The van der Waals surface area contributed by atoms with E-state index in [2.05, 4.69) is 26.6 Å². The largest absolute Gasteiger partial charge is 0.388 e. The van der Waals surface area contributed by atoms with Gasteiger partial charge in [0, 0.05) is 18.3 Å². The molecule has 0 aliphatic heterocycles. The second kappa shape index (κ2) is 6.29. The minimum atomic E-state index is -0.159. The smallest absolute Gasteiger partial charge is 0.255 e. The van der Waals surface area contributed by atoms with Gasteiger partial charge < -0.3 is 10.6 Å². The van der Waals surface area contributed by atoms with Crippen molar-refractivity contribution in [2.24, 2.45) is 0 Å². The van der Waals surface area contributed by atoms with Gasteiger partial charge in [-0.2, -0.15) is 0 Å². The lowest BCUT2D eigenvalue weighted by Gasteiger charge is -2.11. The lowest BCUT2D eigenvalue weighted by molar-refractivity contribution is 0.102. The van der Waals surface area contributed by atoms with Crippen LogP contribution in [0, 0.1) is 6.92 Å². The molecule has 2 rings (SSSR count). The first-order chi connectivity index (χ1) is 9.52. The van der Waals surface area contributed by atoms with Gasteiger partial charge in [0.2, 0.25) is 0 Å². The molecule has 0 saturated heterocycles. The lowest BCUT2D eigenvalue weighted by atomic mass is 10.1. The Hall–Kier alpha value is -1.52. The van der Waals surface area contributed by atoms with Gasteiger partial charge in [-0.3, -0.25) is 4.79 Å². The zero-order chi connectivity index (χ0) is 14.7. The number of nitrogens with one attached hydrogen (secondary N) is 2. The highest BCUT2D eigenvalue weighted by molar-refractivity contribution is 9.10. The van der Waals surface area contributed by atoms with E-state index < -0.39 is 0 Å². The molecular formula is C15H14BrClN2O. The Balaban J connectivity index is 2.26. The molecule has 0 heterocycles. The molecule has 0 radical (unpaired) electrons. The van der Waals surface area contributed by atoms with Crippen molar-refractivity contribution in [3.05, 3.63) is 57.0 Å². The van der Waals surface area contributed by atoms with Crippen LogP contribution >= 0.6 is 27.5 Å². The van der Waals surface area contributed by atoms with E-state index >= 15 is 0 Å². The van der Waals surface area contributed by atoms with Crippen molar-refractivity contribution in [3.8, 4) is 0 Å².